The van der Waals surface area contributed by atoms with Crippen LogP contribution in [0.25, 0.3) is 0 Å². The first-order chi connectivity index (χ1) is 8.70. The number of rotatable bonds is 3. The summed E-state index contributed by atoms with van der Waals surface area (Å²) < 4.78 is 0. The van der Waals surface area contributed by atoms with Gasteiger partial charge in [-0.05, 0) is 24.0 Å². The zero-order valence-corrected chi connectivity index (χ0v) is 11.7. The van der Waals surface area contributed by atoms with Crippen LogP contribution < -0.4 is 10.6 Å². The van der Waals surface area contributed by atoms with Gasteiger partial charge in [-0.1, -0.05) is 32.9 Å². The molecule has 0 aliphatic rings. The zero-order chi connectivity index (χ0) is 14.6. The number of anilines is 1. The van der Waals surface area contributed by atoms with E-state index in [1.165, 1.54) is 0 Å². The highest BCUT2D eigenvalue weighted by Gasteiger charge is 2.16. The SMILES string of the molecule is Cc1cccc(NC(=O)NCC(C)(C)C)c1C(=O)O. The molecule has 0 aliphatic heterocycles. The summed E-state index contributed by atoms with van der Waals surface area (Å²) in [5.74, 6) is -1.05. The number of hydrogen-bond acceptors (Lipinski definition) is 2. The molecule has 1 aromatic carbocycles. The Labute approximate surface area is 113 Å². The molecule has 0 fully saturated rings. The van der Waals surface area contributed by atoms with Crippen LogP contribution in [0.15, 0.2) is 18.2 Å². The van der Waals surface area contributed by atoms with E-state index in [4.69, 9.17) is 5.11 Å². The fraction of sp³-hybridized carbons (Fsp3) is 0.429. The number of aryl methyl sites for hydroxylation is 1. The van der Waals surface area contributed by atoms with Gasteiger partial charge in [-0.2, -0.15) is 0 Å². The second kappa shape index (κ2) is 5.73. The van der Waals surface area contributed by atoms with E-state index >= 15 is 0 Å². The van der Waals surface area contributed by atoms with E-state index in [1.807, 2.05) is 20.8 Å². The van der Waals surface area contributed by atoms with E-state index < -0.39 is 12.0 Å². The molecule has 0 aromatic heterocycles. The van der Waals surface area contributed by atoms with Crippen LogP contribution in [0.2, 0.25) is 0 Å². The van der Waals surface area contributed by atoms with E-state index in [0.29, 0.717) is 17.8 Å². The number of aromatic carboxylic acids is 1. The number of amides is 2. The number of carboxylic acids is 1. The van der Waals surface area contributed by atoms with Crippen molar-refractivity contribution >= 4 is 17.7 Å². The molecule has 0 atom stereocenters. The highest BCUT2D eigenvalue weighted by Crippen LogP contribution is 2.19. The molecule has 3 N–H and O–H groups in total. The van der Waals surface area contributed by atoms with Gasteiger partial charge in [0.05, 0.1) is 11.3 Å². The van der Waals surface area contributed by atoms with Gasteiger partial charge in [0.25, 0.3) is 0 Å². The first kappa shape index (κ1) is 15.0. The van der Waals surface area contributed by atoms with Crippen molar-refractivity contribution in [1.82, 2.24) is 5.32 Å². The van der Waals surface area contributed by atoms with E-state index in [0.717, 1.165) is 0 Å². The van der Waals surface area contributed by atoms with Gasteiger partial charge >= 0.3 is 12.0 Å². The number of hydrogen-bond donors (Lipinski definition) is 3. The van der Waals surface area contributed by atoms with Crippen LogP contribution in [-0.4, -0.2) is 23.7 Å². The minimum atomic E-state index is -1.05. The maximum absolute atomic E-state index is 11.7. The van der Waals surface area contributed by atoms with Crippen LogP contribution in [-0.2, 0) is 0 Å². The third kappa shape index (κ3) is 4.62. The van der Waals surface area contributed by atoms with E-state index in [9.17, 15) is 9.59 Å². The number of carbonyl (C=O) groups is 2. The Morgan fingerprint density at radius 1 is 1.26 bits per heavy atom. The molecule has 5 heteroatoms. The van der Waals surface area contributed by atoms with E-state index in [2.05, 4.69) is 10.6 Å². The molecule has 0 spiro atoms. The van der Waals surface area contributed by atoms with Gasteiger partial charge in [0, 0.05) is 6.54 Å². The number of urea groups is 1. The van der Waals surface area contributed by atoms with Gasteiger partial charge in [0.1, 0.15) is 0 Å². The largest absolute Gasteiger partial charge is 0.478 e. The van der Waals surface area contributed by atoms with Crippen molar-refractivity contribution in [2.24, 2.45) is 5.41 Å². The molecule has 0 unspecified atom stereocenters. The van der Waals surface area contributed by atoms with Gasteiger partial charge in [0.2, 0.25) is 0 Å². The zero-order valence-electron chi connectivity index (χ0n) is 11.7. The summed E-state index contributed by atoms with van der Waals surface area (Å²) in [6.45, 7) is 8.21. The standard InChI is InChI=1S/C14H20N2O3/c1-9-6-5-7-10(11(9)12(17)18)16-13(19)15-8-14(2,3)4/h5-7H,8H2,1-4H3,(H,17,18)(H2,15,16,19). The fourth-order valence-electron chi connectivity index (χ4n) is 1.57. The first-order valence-electron chi connectivity index (χ1n) is 6.08. The van der Waals surface area contributed by atoms with Crippen molar-refractivity contribution in [3.63, 3.8) is 0 Å². The molecule has 0 saturated carbocycles. The topological polar surface area (TPSA) is 78.4 Å². The van der Waals surface area contributed by atoms with Crippen LogP contribution in [0.3, 0.4) is 0 Å². The van der Waals surface area contributed by atoms with Crippen molar-refractivity contribution in [2.45, 2.75) is 27.7 Å². The number of carbonyl (C=O) groups excluding carboxylic acids is 1. The van der Waals surface area contributed by atoms with Crippen LogP contribution >= 0.6 is 0 Å². The summed E-state index contributed by atoms with van der Waals surface area (Å²) in [7, 11) is 0. The summed E-state index contributed by atoms with van der Waals surface area (Å²) in [6.07, 6.45) is 0. The lowest BCUT2D eigenvalue weighted by atomic mass is 9.97. The van der Waals surface area contributed by atoms with Crippen molar-refractivity contribution in [2.75, 3.05) is 11.9 Å². The second-order valence-electron chi connectivity index (χ2n) is 5.67. The maximum atomic E-state index is 11.7. The molecule has 0 saturated heterocycles. The second-order valence-corrected chi connectivity index (χ2v) is 5.67. The molecule has 19 heavy (non-hydrogen) atoms. The number of carboxylic acid groups (broad SMARTS) is 1. The molecule has 2 amide bonds. The first-order valence-corrected chi connectivity index (χ1v) is 6.08. The Balaban J connectivity index is 2.80. The van der Waals surface area contributed by atoms with Gasteiger partial charge < -0.3 is 15.7 Å². The van der Waals surface area contributed by atoms with Crippen molar-refractivity contribution in [3.05, 3.63) is 29.3 Å². The Morgan fingerprint density at radius 2 is 1.89 bits per heavy atom. The monoisotopic (exact) mass is 264 g/mol. The summed E-state index contributed by atoms with van der Waals surface area (Å²) in [5, 5.41) is 14.4. The van der Waals surface area contributed by atoms with Crippen molar-refractivity contribution < 1.29 is 14.7 Å². The molecule has 5 nitrogen and oxygen atoms in total. The lowest BCUT2D eigenvalue weighted by Gasteiger charge is -2.19. The molecule has 1 rings (SSSR count). The summed E-state index contributed by atoms with van der Waals surface area (Å²) in [4.78, 5) is 22.9. The number of nitrogens with one attached hydrogen (secondary N) is 2. The third-order valence-electron chi connectivity index (χ3n) is 2.51. The molecular weight excluding hydrogens is 244 g/mol. The molecule has 0 bridgehead atoms. The average Bonchev–Trinajstić information content (AvgIpc) is 2.25. The lowest BCUT2D eigenvalue weighted by molar-refractivity contribution is 0.0697. The predicted molar refractivity (Wildman–Crippen MR) is 74.6 cm³/mol. The quantitative estimate of drug-likeness (QED) is 0.785. The Hall–Kier alpha value is -2.04. The summed E-state index contributed by atoms with van der Waals surface area (Å²) in [5.41, 5.74) is 1.01. The van der Waals surface area contributed by atoms with Crippen LogP contribution in [0.5, 0.6) is 0 Å². The fourth-order valence-corrected chi connectivity index (χ4v) is 1.57. The van der Waals surface area contributed by atoms with Crippen LogP contribution in [0.1, 0.15) is 36.7 Å². The Bertz CT molecular complexity index is 490. The molecule has 1 aromatic rings. The molecule has 0 heterocycles. The minimum absolute atomic E-state index is 0.0282. The normalized spacial score (nSPS) is 10.9. The smallest absolute Gasteiger partial charge is 0.338 e. The summed E-state index contributed by atoms with van der Waals surface area (Å²) >= 11 is 0. The maximum Gasteiger partial charge on any atom is 0.338 e. The average molecular weight is 264 g/mol. The van der Waals surface area contributed by atoms with Gasteiger partial charge in [-0.25, -0.2) is 9.59 Å². The Kier molecular flexibility index (Phi) is 4.53. The van der Waals surface area contributed by atoms with Crippen molar-refractivity contribution in [3.8, 4) is 0 Å². The van der Waals surface area contributed by atoms with Crippen LogP contribution in [0, 0.1) is 12.3 Å². The summed E-state index contributed by atoms with van der Waals surface area (Å²) in [6, 6.07) is 4.58. The molecule has 0 aliphatic carbocycles. The van der Waals surface area contributed by atoms with E-state index in [-0.39, 0.29) is 11.0 Å². The molecular formula is C14H20N2O3. The van der Waals surface area contributed by atoms with Crippen molar-refractivity contribution in [1.29, 1.82) is 0 Å². The number of benzene rings is 1. The van der Waals surface area contributed by atoms with Gasteiger partial charge in [-0.3, -0.25) is 0 Å². The third-order valence-corrected chi connectivity index (χ3v) is 2.51. The highest BCUT2D eigenvalue weighted by atomic mass is 16.4. The van der Waals surface area contributed by atoms with Gasteiger partial charge in [-0.15, -0.1) is 0 Å². The Morgan fingerprint density at radius 3 is 2.42 bits per heavy atom. The highest BCUT2D eigenvalue weighted by molar-refractivity contribution is 6.01. The van der Waals surface area contributed by atoms with Crippen LogP contribution in [0.4, 0.5) is 10.5 Å². The van der Waals surface area contributed by atoms with Gasteiger partial charge in [0.15, 0.2) is 0 Å². The molecule has 0 radical (unpaired) electrons. The minimum Gasteiger partial charge on any atom is -0.478 e. The lowest BCUT2D eigenvalue weighted by Crippen LogP contribution is -2.35. The van der Waals surface area contributed by atoms with E-state index in [1.54, 1.807) is 25.1 Å². The molecule has 104 valence electrons. The predicted octanol–water partition coefficient (Wildman–Crippen LogP) is 2.86.